The van der Waals surface area contributed by atoms with Crippen molar-refractivity contribution in [1.29, 1.82) is 0 Å². The molecule has 0 radical (unpaired) electrons. The minimum atomic E-state index is 0.0433. The molecule has 1 aromatic heterocycles. The van der Waals surface area contributed by atoms with Crippen LogP contribution in [0.2, 0.25) is 0 Å². The van der Waals surface area contributed by atoms with Crippen LogP contribution in [0.15, 0.2) is 30.3 Å². The lowest BCUT2D eigenvalue weighted by Gasteiger charge is -2.40. The average Bonchev–Trinajstić information content (AvgIpc) is 2.94. The Morgan fingerprint density at radius 3 is 2.50 bits per heavy atom. The molecule has 1 amide bonds. The second kappa shape index (κ2) is 8.03. The molecule has 0 saturated carbocycles. The van der Waals surface area contributed by atoms with Gasteiger partial charge in [0.05, 0.1) is 12.2 Å². The Hall–Kier alpha value is -2.21. The molecule has 150 valence electrons. The third kappa shape index (κ3) is 3.97. The molecule has 3 heterocycles. The molecular formula is C22H31N5O. The number of benzene rings is 1. The van der Waals surface area contributed by atoms with Gasteiger partial charge in [0.2, 0.25) is 0 Å². The lowest BCUT2D eigenvalue weighted by molar-refractivity contribution is 0.0727. The maximum absolute atomic E-state index is 13.2. The van der Waals surface area contributed by atoms with Gasteiger partial charge in [0.25, 0.3) is 5.91 Å². The van der Waals surface area contributed by atoms with Gasteiger partial charge in [0, 0.05) is 13.1 Å². The van der Waals surface area contributed by atoms with Crippen molar-refractivity contribution in [3.05, 3.63) is 47.3 Å². The van der Waals surface area contributed by atoms with Gasteiger partial charge in [0.15, 0.2) is 5.69 Å². The topological polar surface area (TPSA) is 54.3 Å². The van der Waals surface area contributed by atoms with E-state index in [1.54, 1.807) is 0 Å². The van der Waals surface area contributed by atoms with Crippen LogP contribution in [0.5, 0.6) is 0 Å². The highest BCUT2D eigenvalue weighted by Crippen LogP contribution is 2.41. The molecule has 28 heavy (non-hydrogen) atoms. The highest BCUT2D eigenvalue weighted by Gasteiger charge is 2.36. The van der Waals surface area contributed by atoms with Crippen molar-refractivity contribution < 1.29 is 4.79 Å². The average molecular weight is 382 g/mol. The van der Waals surface area contributed by atoms with Crippen molar-refractivity contribution in [2.45, 2.75) is 45.6 Å². The first-order valence-corrected chi connectivity index (χ1v) is 10.5. The molecule has 4 rings (SSSR count). The van der Waals surface area contributed by atoms with E-state index < -0.39 is 0 Å². The first-order chi connectivity index (χ1) is 13.6. The molecule has 1 spiro atoms. The summed E-state index contributed by atoms with van der Waals surface area (Å²) in [5, 5.41) is 8.50. The first-order valence-electron chi connectivity index (χ1n) is 10.5. The quantitative estimate of drug-likeness (QED) is 0.820. The Kier molecular flexibility index (Phi) is 5.49. The lowest BCUT2D eigenvalue weighted by atomic mass is 9.73. The number of likely N-dealkylation sites (tertiary alicyclic amines) is 2. The third-order valence-electron chi connectivity index (χ3n) is 6.74. The largest absolute Gasteiger partial charge is 0.337 e. The van der Waals surface area contributed by atoms with Crippen molar-refractivity contribution in [2.24, 2.45) is 5.41 Å². The van der Waals surface area contributed by atoms with E-state index >= 15 is 0 Å². The molecule has 2 aliphatic heterocycles. The highest BCUT2D eigenvalue weighted by atomic mass is 16.2. The van der Waals surface area contributed by atoms with Gasteiger partial charge in [-0.1, -0.05) is 35.5 Å². The van der Waals surface area contributed by atoms with Gasteiger partial charge in [-0.3, -0.25) is 4.79 Å². The van der Waals surface area contributed by atoms with Gasteiger partial charge < -0.3 is 9.80 Å². The second-order valence-corrected chi connectivity index (χ2v) is 8.62. The molecule has 0 bridgehead atoms. The van der Waals surface area contributed by atoms with Crippen LogP contribution in [0.3, 0.4) is 0 Å². The summed E-state index contributed by atoms with van der Waals surface area (Å²) >= 11 is 0. The Labute approximate surface area is 167 Å². The van der Waals surface area contributed by atoms with E-state index in [-0.39, 0.29) is 5.91 Å². The fourth-order valence-electron chi connectivity index (χ4n) is 4.66. The zero-order valence-corrected chi connectivity index (χ0v) is 17.1. The van der Waals surface area contributed by atoms with Crippen LogP contribution < -0.4 is 0 Å². The van der Waals surface area contributed by atoms with Crippen LogP contribution in [0.4, 0.5) is 0 Å². The molecule has 0 N–H and O–H groups in total. The normalized spacial score (nSPS) is 20.3. The fourth-order valence-corrected chi connectivity index (χ4v) is 4.66. The van der Waals surface area contributed by atoms with Gasteiger partial charge in [-0.05, 0) is 70.1 Å². The second-order valence-electron chi connectivity index (χ2n) is 8.62. The van der Waals surface area contributed by atoms with E-state index in [1.807, 2.05) is 34.7 Å². The van der Waals surface area contributed by atoms with Crippen LogP contribution in [-0.4, -0.2) is 63.9 Å². The highest BCUT2D eigenvalue weighted by molar-refractivity contribution is 5.93. The smallest absolute Gasteiger partial charge is 0.276 e. The van der Waals surface area contributed by atoms with Crippen molar-refractivity contribution >= 4 is 5.91 Å². The van der Waals surface area contributed by atoms with Crippen LogP contribution in [0, 0.1) is 12.3 Å². The van der Waals surface area contributed by atoms with Crippen molar-refractivity contribution in [1.82, 2.24) is 24.8 Å². The molecule has 2 aromatic rings. The summed E-state index contributed by atoms with van der Waals surface area (Å²) in [6.07, 6.45) is 5.97. The summed E-state index contributed by atoms with van der Waals surface area (Å²) < 4.78 is 1.83. The van der Waals surface area contributed by atoms with Crippen LogP contribution >= 0.6 is 0 Å². The zero-order chi connectivity index (χ0) is 19.6. The molecule has 2 fully saturated rings. The van der Waals surface area contributed by atoms with Gasteiger partial charge in [-0.2, -0.15) is 0 Å². The number of amides is 1. The third-order valence-corrected chi connectivity index (χ3v) is 6.74. The van der Waals surface area contributed by atoms with E-state index in [1.165, 1.54) is 32.4 Å². The van der Waals surface area contributed by atoms with Gasteiger partial charge >= 0.3 is 0 Å². The Bertz CT molecular complexity index is 808. The number of hydrogen-bond acceptors (Lipinski definition) is 4. The van der Waals surface area contributed by atoms with Gasteiger partial charge in [0.1, 0.15) is 0 Å². The molecule has 1 aromatic carbocycles. The van der Waals surface area contributed by atoms with E-state index in [2.05, 4.69) is 34.4 Å². The predicted octanol–water partition coefficient (Wildman–Crippen LogP) is 2.97. The van der Waals surface area contributed by atoms with Gasteiger partial charge in [-0.25, -0.2) is 4.68 Å². The number of nitrogens with zero attached hydrogens (tertiary/aromatic N) is 5. The summed E-state index contributed by atoms with van der Waals surface area (Å²) in [4.78, 5) is 17.6. The maximum Gasteiger partial charge on any atom is 0.276 e. The number of rotatable bonds is 3. The number of carbonyl (C=O) groups is 1. The number of aromatic nitrogens is 3. The predicted molar refractivity (Wildman–Crippen MR) is 109 cm³/mol. The molecule has 6 nitrogen and oxygen atoms in total. The minimum Gasteiger partial charge on any atom is -0.337 e. The molecule has 6 heteroatoms. The fraction of sp³-hybridized carbons (Fsp3) is 0.591. The maximum atomic E-state index is 13.2. The summed E-state index contributed by atoms with van der Waals surface area (Å²) in [5.74, 6) is 0.0433. The monoisotopic (exact) mass is 381 g/mol. The standard InChI is InChI=1S/C22H31N5O/c1-18-20(23-24-27(18)17-19-7-4-3-5-8-19)21(28)26-13-6-9-22(12-16-26)10-14-25(2)15-11-22/h3-5,7-8H,6,9-17H2,1-2H3. The Morgan fingerprint density at radius 2 is 1.75 bits per heavy atom. The number of hydrogen-bond donors (Lipinski definition) is 0. The van der Waals surface area contributed by atoms with Crippen LogP contribution in [0.1, 0.15) is 53.8 Å². The zero-order valence-electron chi connectivity index (χ0n) is 17.1. The minimum absolute atomic E-state index is 0.0433. The number of piperidine rings is 1. The number of carbonyl (C=O) groups excluding carboxylic acids is 1. The summed E-state index contributed by atoms with van der Waals surface area (Å²) in [6, 6.07) is 10.2. The van der Waals surface area contributed by atoms with Crippen molar-refractivity contribution in [2.75, 3.05) is 33.2 Å². The summed E-state index contributed by atoms with van der Waals surface area (Å²) in [5.41, 5.74) is 2.96. The van der Waals surface area contributed by atoms with Crippen LogP contribution in [0.25, 0.3) is 0 Å². The summed E-state index contributed by atoms with van der Waals surface area (Å²) in [7, 11) is 2.21. The van der Waals surface area contributed by atoms with E-state index in [4.69, 9.17) is 0 Å². The summed E-state index contributed by atoms with van der Waals surface area (Å²) in [6.45, 7) is 6.63. The molecule has 0 aliphatic carbocycles. The van der Waals surface area contributed by atoms with Crippen LogP contribution in [-0.2, 0) is 6.54 Å². The Morgan fingerprint density at radius 1 is 1.04 bits per heavy atom. The molecule has 0 unspecified atom stereocenters. The van der Waals surface area contributed by atoms with E-state index in [0.29, 0.717) is 17.7 Å². The van der Waals surface area contributed by atoms with E-state index in [0.717, 1.165) is 37.2 Å². The Balaban J connectivity index is 1.43. The van der Waals surface area contributed by atoms with E-state index in [9.17, 15) is 4.79 Å². The van der Waals surface area contributed by atoms with Crippen molar-refractivity contribution in [3.63, 3.8) is 0 Å². The molecular weight excluding hydrogens is 350 g/mol. The van der Waals surface area contributed by atoms with Gasteiger partial charge in [-0.15, -0.1) is 5.10 Å². The molecule has 0 atom stereocenters. The lowest BCUT2D eigenvalue weighted by Crippen LogP contribution is -2.39. The SMILES string of the molecule is Cc1c(C(=O)N2CCCC3(CCN(C)CC3)CC2)nnn1Cc1ccccc1. The molecule has 2 saturated heterocycles. The first kappa shape index (κ1) is 19.1. The molecule has 2 aliphatic rings. The van der Waals surface area contributed by atoms with Crippen molar-refractivity contribution in [3.8, 4) is 0 Å².